The zero-order valence-electron chi connectivity index (χ0n) is 7.73. The average Bonchev–Trinajstić information content (AvgIpc) is 2.15. The minimum absolute atomic E-state index is 0.181. The first kappa shape index (κ1) is 11.7. The van der Waals surface area contributed by atoms with Crippen LogP contribution in [0.15, 0.2) is 33.6 Å². The number of benzene rings is 1. The van der Waals surface area contributed by atoms with Gasteiger partial charge < -0.3 is 0 Å². The van der Waals surface area contributed by atoms with Crippen LogP contribution in [0.25, 0.3) is 0 Å². The van der Waals surface area contributed by atoms with Crippen LogP contribution in [0.3, 0.4) is 0 Å². The molecule has 0 heterocycles. The molecule has 0 unspecified atom stereocenters. The zero-order valence-corrected chi connectivity index (χ0v) is 10.1. The average molecular weight is 279 g/mol. The van der Waals surface area contributed by atoms with Crippen molar-refractivity contribution in [3.05, 3.63) is 28.7 Å². The maximum absolute atomic E-state index is 11.5. The Bertz CT molecular complexity index is 400. The molecule has 0 aliphatic heterocycles. The molecule has 0 fully saturated rings. The van der Waals surface area contributed by atoms with Crippen LogP contribution in [-0.2, 0) is 14.3 Å². The Morgan fingerprint density at radius 3 is 2.71 bits per heavy atom. The van der Waals surface area contributed by atoms with Gasteiger partial charge in [-0.1, -0.05) is 28.9 Å². The van der Waals surface area contributed by atoms with Gasteiger partial charge in [0.05, 0.1) is 11.5 Å². The van der Waals surface area contributed by atoms with Crippen molar-refractivity contribution in [1.29, 1.82) is 0 Å². The summed E-state index contributed by atoms with van der Waals surface area (Å²) in [5, 5.41) is 0. The normalized spacial score (nSPS) is 11.6. The Balaban J connectivity index is 2.93. The van der Waals surface area contributed by atoms with Crippen LogP contribution in [0.5, 0.6) is 0 Å². The van der Waals surface area contributed by atoms with Crippen molar-refractivity contribution >= 4 is 26.0 Å². The van der Waals surface area contributed by atoms with Crippen molar-refractivity contribution in [2.45, 2.75) is 18.2 Å². The van der Waals surface area contributed by atoms with E-state index in [4.69, 9.17) is 4.18 Å². The largest absolute Gasteiger partial charge is 0.297 e. The molecule has 1 aromatic rings. The summed E-state index contributed by atoms with van der Waals surface area (Å²) in [4.78, 5) is 0.181. The lowest BCUT2D eigenvalue weighted by molar-refractivity contribution is 0.318. The molecule has 0 aromatic heterocycles. The molecule has 0 aliphatic carbocycles. The number of halogens is 1. The molecule has 1 aromatic carbocycles. The SMILES string of the molecule is CCCOS(=O)(=O)c1cccc(Br)c1. The van der Waals surface area contributed by atoms with Crippen molar-refractivity contribution in [3.63, 3.8) is 0 Å². The van der Waals surface area contributed by atoms with E-state index in [9.17, 15) is 8.42 Å². The van der Waals surface area contributed by atoms with Crippen molar-refractivity contribution in [2.24, 2.45) is 0 Å². The second kappa shape index (κ2) is 4.91. The van der Waals surface area contributed by atoms with Crippen LogP contribution in [0.2, 0.25) is 0 Å². The quantitative estimate of drug-likeness (QED) is 0.795. The Morgan fingerprint density at radius 2 is 2.14 bits per heavy atom. The van der Waals surface area contributed by atoms with Gasteiger partial charge in [-0.2, -0.15) is 8.42 Å². The van der Waals surface area contributed by atoms with Crippen LogP contribution in [0.1, 0.15) is 13.3 Å². The van der Waals surface area contributed by atoms with E-state index in [-0.39, 0.29) is 11.5 Å². The second-order valence-electron chi connectivity index (χ2n) is 2.73. The molecule has 0 atom stereocenters. The Labute approximate surface area is 92.3 Å². The first-order valence-electron chi connectivity index (χ1n) is 4.21. The lowest BCUT2D eigenvalue weighted by Crippen LogP contribution is -2.06. The first-order valence-corrected chi connectivity index (χ1v) is 6.41. The third-order valence-electron chi connectivity index (χ3n) is 1.53. The maximum Gasteiger partial charge on any atom is 0.297 e. The molecule has 0 radical (unpaired) electrons. The monoisotopic (exact) mass is 278 g/mol. The fourth-order valence-electron chi connectivity index (χ4n) is 0.884. The molecule has 0 saturated heterocycles. The molecular formula is C9H11BrO3S. The van der Waals surface area contributed by atoms with Gasteiger partial charge in [0.1, 0.15) is 0 Å². The molecule has 0 aliphatic rings. The molecule has 5 heteroatoms. The molecule has 0 N–H and O–H groups in total. The Morgan fingerprint density at radius 1 is 1.43 bits per heavy atom. The fourth-order valence-corrected chi connectivity index (χ4v) is 2.47. The molecule has 1 rings (SSSR count). The summed E-state index contributed by atoms with van der Waals surface area (Å²) in [6.45, 7) is 2.07. The van der Waals surface area contributed by atoms with E-state index in [1.807, 2.05) is 6.92 Å². The lowest BCUT2D eigenvalue weighted by Gasteiger charge is -2.04. The molecule has 0 bridgehead atoms. The third-order valence-corrected chi connectivity index (χ3v) is 3.33. The van der Waals surface area contributed by atoms with E-state index in [2.05, 4.69) is 15.9 Å². The molecule has 3 nitrogen and oxygen atoms in total. The second-order valence-corrected chi connectivity index (χ2v) is 5.26. The van der Waals surface area contributed by atoms with E-state index >= 15 is 0 Å². The summed E-state index contributed by atoms with van der Waals surface area (Å²) < 4.78 is 28.5. The van der Waals surface area contributed by atoms with Crippen LogP contribution in [0, 0.1) is 0 Å². The molecule has 0 saturated carbocycles. The van der Waals surface area contributed by atoms with E-state index in [1.54, 1.807) is 12.1 Å². The van der Waals surface area contributed by atoms with Crippen molar-refractivity contribution in [3.8, 4) is 0 Å². The molecular weight excluding hydrogens is 268 g/mol. The van der Waals surface area contributed by atoms with Gasteiger partial charge in [-0.05, 0) is 24.6 Å². The minimum atomic E-state index is -3.57. The fraction of sp³-hybridized carbons (Fsp3) is 0.333. The predicted octanol–water partition coefficient (Wildman–Crippen LogP) is 2.56. The molecule has 0 spiro atoms. The topological polar surface area (TPSA) is 43.4 Å². The van der Waals surface area contributed by atoms with Gasteiger partial charge in [-0.15, -0.1) is 0 Å². The van der Waals surface area contributed by atoms with Gasteiger partial charge in [-0.25, -0.2) is 0 Å². The molecule has 78 valence electrons. The highest BCUT2D eigenvalue weighted by atomic mass is 79.9. The Hall–Kier alpha value is -0.390. The number of rotatable bonds is 4. The predicted molar refractivity (Wildman–Crippen MR) is 57.6 cm³/mol. The highest BCUT2D eigenvalue weighted by Crippen LogP contribution is 2.17. The van der Waals surface area contributed by atoms with Crippen LogP contribution < -0.4 is 0 Å². The van der Waals surface area contributed by atoms with Crippen molar-refractivity contribution < 1.29 is 12.6 Å². The van der Waals surface area contributed by atoms with Gasteiger partial charge >= 0.3 is 0 Å². The Kier molecular flexibility index (Phi) is 4.10. The third kappa shape index (κ3) is 3.08. The molecule has 0 amide bonds. The molecule has 14 heavy (non-hydrogen) atoms. The van der Waals surface area contributed by atoms with Gasteiger partial charge in [0, 0.05) is 4.47 Å². The lowest BCUT2D eigenvalue weighted by atomic mass is 10.4. The van der Waals surface area contributed by atoms with Gasteiger partial charge in [0.15, 0.2) is 0 Å². The summed E-state index contributed by atoms with van der Waals surface area (Å²) in [6.07, 6.45) is 0.674. The van der Waals surface area contributed by atoms with E-state index < -0.39 is 10.1 Å². The van der Waals surface area contributed by atoms with Crippen molar-refractivity contribution in [2.75, 3.05) is 6.61 Å². The highest BCUT2D eigenvalue weighted by Gasteiger charge is 2.14. The summed E-state index contributed by atoms with van der Waals surface area (Å²) in [5.41, 5.74) is 0. The standard InChI is InChI=1S/C9H11BrO3S/c1-2-6-13-14(11,12)9-5-3-4-8(10)7-9/h3-5,7H,2,6H2,1H3. The van der Waals surface area contributed by atoms with E-state index in [1.165, 1.54) is 12.1 Å². The summed E-state index contributed by atoms with van der Waals surface area (Å²) in [7, 11) is -3.57. The van der Waals surface area contributed by atoms with E-state index in [0.29, 0.717) is 6.42 Å². The summed E-state index contributed by atoms with van der Waals surface area (Å²) in [5.74, 6) is 0. The first-order chi connectivity index (χ1) is 6.56. The number of hydrogen-bond donors (Lipinski definition) is 0. The summed E-state index contributed by atoms with van der Waals surface area (Å²) in [6, 6.07) is 6.45. The van der Waals surface area contributed by atoms with E-state index in [0.717, 1.165) is 4.47 Å². The van der Waals surface area contributed by atoms with Gasteiger partial charge in [0.2, 0.25) is 0 Å². The van der Waals surface area contributed by atoms with Gasteiger partial charge in [0.25, 0.3) is 10.1 Å². The zero-order chi connectivity index (χ0) is 10.6. The van der Waals surface area contributed by atoms with Gasteiger partial charge in [-0.3, -0.25) is 4.18 Å². The van der Waals surface area contributed by atoms with Crippen molar-refractivity contribution in [1.82, 2.24) is 0 Å². The number of hydrogen-bond acceptors (Lipinski definition) is 3. The van der Waals surface area contributed by atoms with Crippen LogP contribution in [0.4, 0.5) is 0 Å². The van der Waals surface area contributed by atoms with Crippen LogP contribution >= 0.6 is 15.9 Å². The summed E-state index contributed by atoms with van der Waals surface area (Å²) >= 11 is 3.20. The van der Waals surface area contributed by atoms with Crippen LogP contribution in [-0.4, -0.2) is 15.0 Å². The smallest absolute Gasteiger partial charge is 0.266 e. The maximum atomic E-state index is 11.5. The highest BCUT2D eigenvalue weighted by molar-refractivity contribution is 9.10. The minimum Gasteiger partial charge on any atom is -0.266 e.